The van der Waals surface area contributed by atoms with Crippen molar-refractivity contribution in [3.8, 4) is 0 Å². The second kappa shape index (κ2) is 7.58. The van der Waals surface area contributed by atoms with E-state index in [4.69, 9.17) is 10.6 Å². The number of hydrogen-bond donors (Lipinski definition) is 3. The Morgan fingerprint density at radius 2 is 1.85 bits per heavy atom. The minimum Gasteiger partial charge on any atom is -0.434 e. The molecule has 1 atom stereocenters. The van der Waals surface area contributed by atoms with Crippen LogP contribution in [-0.2, 0) is 13.8 Å². The smallest absolute Gasteiger partial charge is 0.434 e. The third-order valence-electron chi connectivity index (χ3n) is 3.47. The van der Waals surface area contributed by atoms with Gasteiger partial charge in [0.25, 0.3) is 0 Å². The average Bonchev–Trinajstić information content (AvgIpc) is 2.66. The van der Waals surface area contributed by atoms with Crippen LogP contribution in [0.1, 0.15) is 10.4 Å². The van der Waals surface area contributed by atoms with Gasteiger partial charge in [0.15, 0.2) is 0 Å². The number of rotatable bonds is 6. The van der Waals surface area contributed by atoms with Crippen LogP contribution < -0.4 is 16.5 Å². The summed E-state index contributed by atoms with van der Waals surface area (Å²) in [6.07, 6.45) is 0. The first-order chi connectivity index (χ1) is 12.9. The Morgan fingerprint density at radius 3 is 2.59 bits per heavy atom. The van der Waals surface area contributed by atoms with Gasteiger partial charge in [-0.25, -0.2) is 19.0 Å². The number of fused-ring (bicyclic) bond motifs is 1. The minimum atomic E-state index is -4.55. The number of nitrogen functional groups attached to an aromatic ring is 1. The second-order valence-electron chi connectivity index (χ2n) is 5.30. The van der Waals surface area contributed by atoms with Crippen molar-refractivity contribution in [3.05, 3.63) is 70.5 Å². The predicted octanol–water partition coefficient (Wildman–Crippen LogP) is 1.45. The fraction of sp³-hybridized carbons (Fsp3) is 0.0625. The number of carbonyl (C=O) groups excluding carboxylic acids is 1. The van der Waals surface area contributed by atoms with Crippen LogP contribution in [0.4, 0.5) is 5.82 Å². The zero-order valence-electron chi connectivity index (χ0n) is 13.8. The van der Waals surface area contributed by atoms with Crippen molar-refractivity contribution in [1.29, 1.82) is 0 Å². The van der Waals surface area contributed by atoms with Crippen LogP contribution >= 0.6 is 7.75 Å². The van der Waals surface area contributed by atoms with Crippen LogP contribution in [0.25, 0.3) is 11.0 Å². The Kier molecular flexibility index (Phi) is 5.22. The maximum Gasteiger partial charge on any atom is 0.434 e. The molecule has 0 amide bonds. The van der Waals surface area contributed by atoms with Crippen molar-refractivity contribution in [2.45, 2.75) is 0 Å². The average molecular weight is 390 g/mol. The van der Waals surface area contributed by atoms with Crippen molar-refractivity contribution < 1.29 is 23.5 Å². The molecule has 3 aromatic rings. The highest BCUT2D eigenvalue weighted by molar-refractivity contribution is 7.54. The van der Waals surface area contributed by atoms with E-state index in [1.807, 2.05) is 5.09 Å². The molecular weight excluding hydrogens is 375 g/mol. The molecule has 1 unspecified atom stereocenters. The first kappa shape index (κ1) is 18.6. The lowest BCUT2D eigenvalue weighted by molar-refractivity contribution is 0.0130. The Bertz CT molecular complexity index is 1090. The third kappa shape index (κ3) is 4.32. The van der Waals surface area contributed by atoms with Crippen molar-refractivity contribution in [2.24, 2.45) is 0 Å². The van der Waals surface area contributed by atoms with Gasteiger partial charge < -0.3 is 15.5 Å². The van der Waals surface area contributed by atoms with Gasteiger partial charge in [-0.1, -0.05) is 30.3 Å². The molecule has 4 N–H and O–H groups in total. The van der Waals surface area contributed by atoms with E-state index in [9.17, 15) is 19.0 Å². The SMILES string of the molecule is Nn1c(=O)c(NP(=O)(O)OCOC(=O)c2ccccc2)nc2ccccc21. The van der Waals surface area contributed by atoms with Crippen molar-refractivity contribution in [3.63, 3.8) is 0 Å². The standard InChI is InChI=1S/C16H15N4O6P/c17-20-13-9-5-4-8-12(13)18-14(15(20)21)19-27(23,24)26-10-25-16(22)11-6-2-1-3-7-11/h1-9H,10,17H2,(H2,18,19,23,24). The molecule has 10 nitrogen and oxygen atoms in total. The van der Waals surface area contributed by atoms with Crippen molar-refractivity contribution >= 4 is 30.6 Å². The lowest BCUT2D eigenvalue weighted by atomic mass is 10.2. The van der Waals surface area contributed by atoms with Gasteiger partial charge >= 0.3 is 19.3 Å². The van der Waals surface area contributed by atoms with Crippen LogP contribution in [0.15, 0.2) is 59.4 Å². The van der Waals surface area contributed by atoms with Gasteiger partial charge in [-0.15, -0.1) is 0 Å². The van der Waals surface area contributed by atoms with Crippen molar-refractivity contribution in [2.75, 3.05) is 17.7 Å². The second-order valence-corrected chi connectivity index (χ2v) is 6.82. The van der Waals surface area contributed by atoms with E-state index in [2.05, 4.69) is 9.51 Å². The van der Waals surface area contributed by atoms with Gasteiger partial charge in [0, 0.05) is 0 Å². The van der Waals surface area contributed by atoms with Crippen LogP contribution in [-0.4, -0.2) is 27.3 Å². The van der Waals surface area contributed by atoms with Gasteiger partial charge in [0.2, 0.25) is 12.6 Å². The number of anilines is 1. The number of nitrogens with zero attached hydrogens (tertiary/aromatic N) is 2. The molecular formula is C16H15N4O6P. The molecule has 0 fully saturated rings. The van der Waals surface area contributed by atoms with E-state index < -0.39 is 31.9 Å². The summed E-state index contributed by atoms with van der Waals surface area (Å²) in [4.78, 5) is 37.7. The number of carbonyl (C=O) groups is 1. The molecule has 0 aliphatic carbocycles. The number of esters is 1. The zero-order valence-corrected chi connectivity index (χ0v) is 14.7. The van der Waals surface area contributed by atoms with Crippen LogP contribution in [0.3, 0.4) is 0 Å². The maximum absolute atomic E-state index is 12.2. The maximum atomic E-state index is 12.2. The van der Waals surface area contributed by atoms with Crippen molar-refractivity contribution in [1.82, 2.24) is 9.66 Å². The molecule has 3 rings (SSSR count). The van der Waals surface area contributed by atoms with Crippen LogP contribution in [0, 0.1) is 0 Å². The Hall–Kier alpha value is -3.20. The third-order valence-corrected chi connectivity index (χ3v) is 4.42. The summed E-state index contributed by atoms with van der Waals surface area (Å²) in [6.45, 7) is -0.807. The Morgan fingerprint density at radius 1 is 1.19 bits per heavy atom. The summed E-state index contributed by atoms with van der Waals surface area (Å²) in [5.74, 6) is 4.48. The number of para-hydroxylation sites is 2. The molecule has 140 valence electrons. The molecule has 1 heterocycles. The van der Waals surface area contributed by atoms with Gasteiger partial charge in [-0.3, -0.25) is 14.4 Å². The first-order valence-electron chi connectivity index (χ1n) is 7.62. The molecule has 0 spiro atoms. The highest BCUT2D eigenvalue weighted by Crippen LogP contribution is 2.40. The lowest BCUT2D eigenvalue weighted by Gasteiger charge is -2.14. The monoisotopic (exact) mass is 390 g/mol. The largest absolute Gasteiger partial charge is 0.434 e. The predicted molar refractivity (Wildman–Crippen MR) is 97.4 cm³/mol. The molecule has 0 aliphatic heterocycles. The zero-order chi connectivity index (χ0) is 19.4. The van der Waals surface area contributed by atoms with Gasteiger partial charge in [-0.05, 0) is 24.3 Å². The summed E-state index contributed by atoms with van der Waals surface area (Å²) >= 11 is 0. The van der Waals surface area contributed by atoms with E-state index in [1.165, 1.54) is 12.1 Å². The summed E-state index contributed by atoms with van der Waals surface area (Å²) in [6, 6.07) is 14.5. The number of aromatic nitrogens is 2. The fourth-order valence-electron chi connectivity index (χ4n) is 2.20. The van der Waals surface area contributed by atoms with E-state index in [-0.39, 0.29) is 5.56 Å². The normalized spacial score (nSPS) is 13.1. The molecule has 0 saturated carbocycles. The molecule has 27 heavy (non-hydrogen) atoms. The fourth-order valence-corrected chi connectivity index (χ4v) is 2.88. The van der Waals surface area contributed by atoms with Crippen LogP contribution in [0.2, 0.25) is 0 Å². The number of ether oxygens (including phenoxy) is 1. The number of benzene rings is 2. The molecule has 2 aromatic carbocycles. The quantitative estimate of drug-likeness (QED) is 0.246. The molecule has 0 radical (unpaired) electrons. The lowest BCUT2D eigenvalue weighted by Crippen LogP contribution is -2.30. The minimum absolute atomic E-state index is 0.254. The first-order valence-corrected chi connectivity index (χ1v) is 9.20. The van der Waals surface area contributed by atoms with E-state index >= 15 is 0 Å². The molecule has 0 bridgehead atoms. The number of nitrogens with two attached hydrogens (primary N) is 1. The molecule has 0 saturated heterocycles. The summed E-state index contributed by atoms with van der Waals surface area (Å²) in [5, 5.41) is 2.01. The Labute approximate surface area is 152 Å². The summed E-state index contributed by atoms with van der Waals surface area (Å²) in [7, 11) is -4.55. The van der Waals surface area contributed by atoms with E-state index in [0.29, 0.717) is 11.0 Å². The summed E-state index contributed by atoms with van der Waals surface area (Å²) in [5.41, 5.74) is 0.105. The van der Waals surface area contributed by atoms with Gasteiger partial charge in [-0.2, -0.15) is 0 Å². The van der Waals surface area contributed by atoms with Gasteiger partial charge in [0.1, 0.15) is 0 Å². The topological polar surface area (TPSA) is 146 Å². The molecule has 0 aliphatic rings. The number of hydrogen-bond acceptors (Lipinski definition) is 7. The van der Waals surface area contributed by atoms with E-state index in [1.54, 1.807) is 42.5 Å². The highest BCUT2D eigenvalue weighted by Gasteiger charge is 2.24. The van der Waals surface area contributed by atoms with E-state index in [0.717, 1.165) is 4.68 Å². The van der Waals surface area contributed by atoms with Crippen LogP contribution in [0.5, 0.6) is 0 Å². The van der Waals surface area contributed by atoms with Gasteiger partial charge in [0.05, 0.1) is 16.6 Å². The summed E-state index contributed by atoms with van der Waals surface area (Å²) < 4.78 is 22.3. The molecule has 11 heteroatoms. The highest BCUT2D eigenvalue weighted by atomic mass is 31.2. The Balaban J connectivity index is 1.69. The number of nitrogens with one attached hydrogen (secondary N) is 1. The molecule has 1 aromatic heterocycles.